The normalized spacial score (nSPS) is 15.3. The number of hydrogen-bond donors (Lipinski definition) is 0. The Kier molecular flexibility index (Phi) is 5.41. The van der Waals surface area contributed by atoms with Gasteiger partial charge in [0, 0.05) is 53.6 Å². The number of rotatable bonds is 5. The van der Waals surface area contributed by atoms with Crippen molar-refractivity contribution < 1.29 is 4.79 Å². The first-order valence-corrected chi connectivity index (χ1v) is 10.7. The predicted molar refractivity (Wildman–Crippen MR) is 107 cm³/mol. The van der Waals surface area contributed by atoms with Crippen LogP contribution in [-0.2, 0) is 11.2 Å². The van der Waals surface area contributed by atoms with Gasteiger partial charge in [-0.25, -0.2) is 4.98 Å². The predicted octanol–water partition coefficient (Wildman–Crippen LogP) is 4.61. The number of hydrogen-bond acceptors (Lipinski definition) is 5. The third kappa shape index (κ3) is 4.02. The number of aryl methyl sites for hydroxylation is 1. The summed E-state index contributed by atoms with van der Waals surface area (Å²) in [5.41, 5.74) is 2.14. The highest BCUT2D eigenvalue weighted by Crippen LogP contribution is 2.33. The van der Waals surface area contributed by atoms with Gasteiger partial charge >= 0.3 is 0 Å². The number of thiophene rings is 1. The molecule has 3 aromatic heterocycles. The Bertz CT molecular complexity index is 837. The molecule has 0 atom stereocenters. The van der Waals surface area contributed by atoms with E-state index in [0.717, 1.165) is 43.6 Å². The molecule has 0 spiro atoms. The van der Waals surface area contributed by atoms with E-state index in [1.807, 2.05) is 23.1 Å². The van der Waals surface area contributed by atoms with Crippen LogP contribution in [0.15, 0.2) is 47.4 Å². The Hall–Kier alpha value is -2.05. The SMILES string of the molecule is O=C(CCc1cccs1)N1CCC(c2nc(-c3ccncc3)cs2)CC1. The van der Waals surface area contributed by atoms with E-state index >= 15 is 0 Å². The van der Waals surface area contributed by atoms with E-state index in [-0.39, 0.29) is 5.91 Å². The van der Waals surface area contributed by atoms with Crippen molar-refractivity contribution in [2.75, 3.05) is 13.1 Å². The third-order valence-electron chi connectivity index (χ3n) is 4.86. The fraction of sp³-hybridized carbons (Fsp3) is 0.350. The highest BCUT2D eigenvalue weighted by Gasteiger charge is 2.25. The molecule has 0 unspecified atom stereocenters. The highest BCUT2D eigenvalue weighted by atomic mass is 32.1. The van der Waals surface area contributed by atoms with E-state index in [1.54, 1.807) is 35.1 Å². The van der Waals surface area contributed by atoms with Crippen LogP contribution in [0.2, 0.25) is 0 Å². The second-order valence-corrected chi connectivity index (χ2v) is 8.46. The Balaban J connectivity index is 1.31. The zero-order valence-electron chi connectivity index (χ0n) is 14.5. The fourth-order valence-corrected chi connectivity index (χ4v) is 5.06. The number of carbonyl (C=O) groups is 1. The number of carbonyl (C=O) groups excluding carboxylic acids is 1. The van der Waals surface area contributed by atoms with Gasteiger partial charge in [-0.2, -0.15) is 0 Å². The fourth-order valence-electron chi connectivity index (χ4n) is 3.35. The smallest absolute Gasteiger partial charge is 0.222 e. The number of amides is 1. The summed E-state index contributed by atoms with van der Waals surface area (Å²) in [7, 11) is 0. The lowest BCUT2D eigenvalue weighted by atomic mass is 9.97. The molecule has 0 aliphatic carbocycles. The summed E-state index contributed by atoms with van der Waals surface area (Å²) < 4.78 is 0. The molecule has 1 aliphatic heterocycles. The van der Waals surface area contributed by atoms with E-state index < -0.39 is 0 Å². The van der Waals surface area contributed by atoms with Gasteiger partial charge in [-0.3, -0.25) is 9.78 Å². The Morgan fingerprint density at radius 3 is 2.69 bits per heavy atom. The average Bonchev–Trinajstić information content (AvgIpc) is 3.39. The zero-order valence-corrected chi connectivity index (χ0v) is 16.1. The van der Waals surface area contributed by atoms with E-state index in [2.05, 4.69) is 21.8 Å². The highest BCUT2D eigenvalue weighted by molar-refractivity contribution is 7.10. The van der Waals surface area contributed by atoms with E-state index in [9.17, 15) is 4.79 Å². The Morgan fingerprint density at radius 2 is 1.96 bits per heavy atom. The molecule has 134 valence electrons. The lowest BCUT2D eigenvalue weighted by molar-refractivity contribution is -0.132. The van der Waals surface area contributed by atoms with Crippen LogP contribution in [-0.4, -0.2) is 33.9 Å². The van der Waals surface area contributed by atoms with Crippen molar-refractivity contribution in [2.24, 2.45) is 0 Å². The molecule has 4 nitrogen and oxygen atoms in total. The minimum atomic E-state index is 0.286. The van der Waals surface area contributed by atoms with Gasteiger partial charge in [0.25, 0.3) is 0 Å². The molecule has 3 aromatic rings. The first kappa shape index (κ1) is 17.4. The van der Waals surface area contributed by atoms with Crippen LogP contribution < -0.4 is 0 Å². The topological polar surface area (TPSA) is 46.1 Å². The van der Waals surface area contributed by atoms with Gasteiger partial charge < -0.3 is 4.90 Å². The minimum absolute atomic E-state index is 0.286. The van der Waals surface area contributed by atoms with Crippen molar-refractivity contribution in [1.82, 2.24) is 14.9 Å². The number of aromatic nitrogens is 2. The maximum Gasteiger partial charge on any atom is 0.222 e. The van der Waals surface area contributed by atoms with Gasteiger partial charge in [-0.1, -0.05) is 6.07 Å². The van der Waals surface area contributed by atoms with Crippen LogP contribution in [0, 0.1) is 0 Å². The van der Waals surface area contributed by atoms with Crippen LogP contribution >= 0.6 is 22.7 Å². The summed E-state index contributed by atoms with van der Waals surface area (Å²) in [4.78, 5) is 24.7. The number of pyridine rings is 1. The molecule has 1 aliphatic rings. The standard InChI is InChI=1S/C20H21N3OS2/c24-19(4-3-17-2-1-13-25-17)23-11-7-16(8-12-23)20-22-18(14-26-20)15-5-9-21-10-6-15/h1-2,5-6,9-10,13-14,16H,3-4,7-8,11-12H2. The summed E-state index contributed by atoms with van der Waals surface area (Å²) in [5, 5.41) is 5.39. The summed E-state index contributed by atoms with van der Waals surface area (Å²) >= 11 is 3.46. The van der Waals surface area contributed by atoms with Crippen LogP contribution in [0.4, 0.5) is 0 Å². The van der Waals surface area contributed by atoms with Crippen molar-refractivity contribution in [2.45, 2.75) is 31.6 Å². The number of thiazole rings is 1. The second-order valence-electron chi connectivity index (χ2n) is 6.54. The van der Waals surface area contributed by atoms with Gasteiger partial charge in [-0.15, -0.1) is 22.7 Å². The lowest BCUT2D eigenvalue weighted by Gasteiger charge is -2.31. The average molecular weight is 384 g/mol. The molecule has 6 heteroatoms. The summed E-state index contributed by atoms with van der Waals surface area (Å²) in [5.74, 6) is 0.755. The van der Waals surface area contributed by atoms with E-state index in [1.165, 1.54) is 9.88 Å². The van der Waals surface area contributed by atoms with Gasteiger partial charge in [-0.05, 0) is 42.8 Å². The molecule has 1 fully saturated rings. The van der Waals surface area contributed by atoms with Crippen molar-refractivity contribution >= 4 is 28.6 Å². The molecular formula is C20H21N3OS2. The monoisotopic (exact) mass is 383 g/mol. The minimum Gasteiger partial charge on any atom is -0.343 e. The van der Waals surface area contributed by atoms with Gasteiger partial charge in [0.2, 0.25) is 5.91 Å². The molecule has 0 saturated carbocycles. The molecule has 0 N–H and O–H groups in total. The first-order valence-electron chi connectivity index (χ1n) is 8.95. The number of likely N-dealkylation sites (tertiary alicyclic amines) is 1. The molecule has 26 heavy (non-hydrogen) atoms. The summed E-state index contributed by atoms with van der Waals surface area (Å²) in [6.45, 7) is 1.69. The molecule has 4 heterocycles. The molecule has 1 saturated heterocycles. The molecule has 0 aromatic carbocycles. The van der Waals surface area contributed by atoms with Gasteiger partial charge in [0.1, 0.15) is 0 Å². The lowest BCUT2D eigenvalue weighted by Crippen LogP contribution is -2.38. The van der Waals surface area contributed by atoms with Crippen molar-refractivity contribution in [3.63, 3.8) is 0 Å². The van der Waals surface area contributed by atoms with Crippen molar-refractivity contribution in [3.05, 3.63) is 57.3 Å². The van der Waals surface area contributed by atoms with Crippen molar-refractivity contribution in [1.29, 1.82) is 0 Å². The van der Waals surface area contributed by atoms with Crippen LogP contribution in [0.1, 0.15) is 35.1 Å². The summed E-state index contributed by atoms with van der Waals surface area (Å²) in [6, 6.07) is 8.14. The van der Waals surface area contributed by atoms with Crippen LogP contribution in [0.3, 0.4) is 0 Å². The van der Waals surface area contributed by atoms with E-state index in [4.69, 9.17) is 4.98 Å². The Morgan fingerprint density at radius 1 is 1.15 bits per heavy atom. The quantitative estimate of drug-likeness (QED) is 0.646. The molecular weight excluding hydrogens is 362 g/mol. The van der Waals surface area contributed by atoms with Gasteiger partial charge in [0.15, 0.2) is 0 Å². The Labute approximate surface area is 161 Å². The molecule has 1 amide bonds. The van der Waals surface area contributed by atoms with Crippen LogP contribution in [0.5, 0.6) is 0 Å². The molecule has 0 bridgehead atoms. The number of piperidine rings is 1. The van der Waals surface area contributed by atoms with Gasteiger partial charge in [0.05, 0.1) is 10.7 Å². The first-order chi connectivity index (χ1) is 12.8. The largest absolute Gasteiger partial charge is 0.343 e. The summed E-state index contributed by atoms with van der Waals surface area (Å²) in [6.07, 6.45) is 7.10. The second kappa shape index (κ2) is 8.10. The van der Waals surface area contributed by atoms with E-state index in [0.29, 0.717) is 12.3 Å². The number of nitrogens with zero attached hydrogens (tertiary/aromatic N) is 3. The van der Waals surface area contributed by atoms with Crippen molar-refractivity contribution in [3.8, 4) is 11.3 Å². The molecule has 4 rings (SSSR count). The third-order valence-corrected chi connectivity index (χ3v) is 6.80. The molecule has 0 radical (unpaired) electrons. The maximum atomic E-state index is 12.4. The van der Waals surface area contributed by atoms with Crippen LogP contribution in [0.25, 0.3) is 11.3 Å². The maximum absolute atomic E-state index is 12.4. The zero-order chi connectivity index (χ0) is 17.8.